The Morgan fingerprint density at radius 2 is 1.16 bits per heavy atom. The molecule has 1 unspecified atom stereocenters. The molecule has 3 saturated heterocycles. The normalized spacial score (nSPS) is 20.0. The number of hydrogen-bond acceptors (Lipinski definition) is 23. The Hall–Kier alpha value is -12.6. The number of carbonyl (C=O) groups excluding carboxylic acids is 13. The first kappa shape index (κ1) is 108. The number of carboxylic acids is 3. The molecule has 0 aliphatic carbocycles. The molecule has 19 N–H and O–H groups in total. The van der Waals surface area contributed by atoms with Gasteiger partial charge >= 0.3 is 17.9 Å². The molecule has 3 aliphatic rings. The fourth-order valence-corrected chi connectivity index (χ4v) is 17.1. The van der Waals surface area contributed by atoms with Crippen LogP contribution in [0.3, 0.4) is 0 Å². The molecular weight excluding hydrogens is 1740 g/mol. The number of nitrogens with zero attached hydrogens (tertiary/aromatic N) is 8. The number of likely N-dealkylation sites (tertiary alicyclic amines) is 1. The van der Waals surface area contributed by atoms with Gasteiger partial charge in [0.05, 0.1) is 52.0 Å². The number of aryl methyl sites for hydroxylation is 2. The molecule has 3 aliphatic heterocycles. The number of rotatable bonds is 43. The Bertz CT molecular complexity index is 4730. The third-order valence-corrected chi connectivity index (χ3v) is 24.7. The van der Waals surface area contributed by atoms with Gasteiger partial charge in [-0.1, -0.05) is 111 Å². The van der Waals surface area contributed by atoms with Gasteiger partial charge in [0, 0.05) is 172 Å². The number of aromatic nitrogens is 3. The van der Waals surface area contributed by atoms with Gasteiger partial charge in [0.15, 0.2) is 5.96 Å². The number of nitrogens with two attached hydrogens (primary N) is 2. The SMILES string of the molecule is CCCC[C@H](CC(=O)CN1CCC(NC(=O)C(CCCCCC(=O)CN2CCN(CC(=O)O)CCN(CC(=O)O)CCN(CC(=O)O)CC2)NC(=O)CNC(=O)CCCc2ccc(C)cc2)CC1)C(=O)N[C@H]1CC(=O)NCCCC[C@@H](C(N)=O)N(C)C(=O)[C@H](Cc2c[nH]c3ccccc23)NC(=O)[C@H](CCCNC(=N)N)N(C)C(=O)[C@@H](Cc2ccccc2)NC(=O)[C@H](Cc2cnc[nH]2)NC1=O. The van der Waals surface area contributed by atoms with Gasteiger partial charge in [-0.25, -0.2) is 4.98 Å². The molecule has 8 rings (SSSR count). The number of amides is 11. The second-order valence-corrected chi connectivity index (χ2v) is 35.4. The van der Waals surface area contributed by atoms with E-state index < -0.39 is 144 Å². The summed E-state index contributed by atoms with van der Waals surface area (Å²) < 4.78 is 0. The number of H-pyrrole nitrogens is 2. The Balaban J connectivity index is 0.951. The lowest BCUT2D eigenvalue weighted by atomic mass is 9.94. The molecule has 0 bridgehead atoms. The molecule has 5 aromatic rings. The lowest BCUT2D eigenvalue weighted by molar-refractivity contribution is -0.145. The number of imidazole rings is 1. The van der Waals surface area contributed by atoms with Gasteiger partial charge in [-0.15, -0.1) is 0 Å². The molecule has 738 valence electrons. The summed E-state index contributed by atoms with van der Waals surface area (Å²) in [5.41, 5.74) is 16.2. The number of fused-ring (bicyclic) bond motifs is 1. The third kappa shape index (κ3) is 38.4. The predicted octanol–water partition coefficient (Wildman–Crippen LogP) is 0.224. The fraction of sp³-hybridized carbons (Fsp3) is 0.574. The molecule has 2 aromatic heterocycles. The summed E-state index contributed by atoms with van der Waals surface area (Å²) in [5.74, 6) is -13.0. The number of likely N-dealkylation sites (N-methyl/N-ethyl adjacent to an activating group) is 2. The zero-order valence-electron chi connectivity index (χ0n) is 78.0. The van der Waals surface area contributed by atoms with Crippen molar-refractivity contribution >= 4 is 111 Å². The average Bonchev–Trinajstić information content (AvgIpc) is 1.76. The highest BCUT2D eigenvalue weighted by Gasteiger charge is 2.40. The number of ketones is 2. The van der Waals surface area contributed by atoms with Gasteiger partial charge in [-0.05, 0) is 107 Å². The number of hydrogen-bond donors (Lipinski definition) is 17. The number of piperidine rings is 1. The number of carboxylic acid groups (broad SMARTS) is 3. The molecule has 0 spiro atoms. The highest BCUT2D eigenvalue weighted by Crippen LogP contribution is 2.24. The highest BCUT2D eigenvalue weighted by molar-refractivity contribution is 5.99. The first-order valence-corrected chi connectivity index (χ1v) is 46.8. The number of benzene rings is 3. The number of unbranched alkanes of at least 4 members (excludes halogenated alkanes) is 3. The van der Waals surface area contributed by atoms with Crippen molar-refractivity contribution in [2.45, 2.75) is 210 Å². The molecule has 11 amide bonds. The van der Waals surface area contributed by atoms with Crippen LogP contribution in [-0.4, -0.2) is 345 Å². The third-order valence-electron chi connectivity index (χ3n) is 24.7. The summed E-state index contributed by atoms with van der Waals surface area (Å²) >= 11 is 0. The summed E-state index contributed by atoms with van der Waals surface area (Å²) in [6.45, 7) is 4.97. The lowest BCUT2D eigenvalue weighted by Crippen LogP contribution is -2.61. The quantitative estimate of drug-likeness (QED) is 0.0141. The van der Waals surface area contributed by atoms with Gasteiger partial charge in [0.2, 0.25) is 65.0 Å². The number of carbonyl (C=O) groups is 16. The maximum atomic E-state index is 15.5. The van der Waals surface area contributed by atoms with Crippen LogP contribution >= 0.6 is 0 Å². The second-order valence-electron chi connectivity index (χ2n) is 35.4. The van der Waals surface area contributed by atoms with E-state index in [1.165, 1.54) is 26.6 Å². The topological polar surface area (TPSA) is 585 Å². The molecule has 41 heteroatoms. The Morgan fingerprint density at radius 3 is 1.79 bits per heavy atom. The number of aliphatic carboxylic acids is 3. The zero-order valence-corrected chi connectivity index (χ0v) is 78.0. The minimum atomic E-state index is -1.70. The maximum Gasteiger partial charge on any atom is 0.317 e. The van der Waals surface area contributed by atoms with E-state index in [0.29, 0.717) is 87.7 Å². The van der Waals surface area contributed by atoms with E-state index in [2.05, 4.69) is 62.8 Å². The smallest absolute Gasteiger partial charge is 0.317 e. The van der Waals surface area contributed by atoms with E-state index >= 15 is 24.0 Å². The van der Waals surface area contributed by atoms with Crippen LogP contribution in [-0.2, 0) is 102 Å². The van der Waals surface area contributed by atoms with Gasteiger partial charge in [-0.2, -0.15) is 0 Å². The van der Waals surface area contributed by atoms with Crippen LogP contribution in [0.5, 0.6) is 0 Å². The first-order valence-electron chi connectivity index (χ1n) is 46.8. The van der Waals surface area contributed by atoms with E-state index in [4.69, 9.17) is 16.9 Å². The molecule has 0 radical (unpaired) electrons. The van der Waals surface area contributed by atoms with Crippen molar-refractivity contribution in [2.24, 2.45) is 17.4 Å². The summed E-state index contributed by atoms with van der Waals surface area (Å²) in [7, 11) is 2.76. The summed E-state index contributed by atoms with van der Waals surface area (Å²) in [4.78, 5) is 245. The fourth-order valence-electron chi connectivity index (χ4n) is 17.1. The van der Waals surface area contributed by atoms with Gasteiger partial charge in [0.25, 0.3) is 0 Å². The summed E-state index contributed by atoms with van der Waals surface area (Å²) in [6, 6.07) is 13.8. The van der Waals surface area contributed by atoms with Crippen molar-refractivity contribution < 1.29 is 92.0 Å². The molecule has 135 heavy (non-hydrogen) atoms. The van der Waals surface area contributed by atoms with Crippen LogP contribution in [0.4, 0.5) is 0 Å². The minimum absolute atomic E-state index is 0.000142. The van der Waals surface area contributed by atoms with Crippen molar-refractivity contribution in [1.29, 1.82) is 5.41 Å². The summed E-state index contributed by atoms with van der Waals surface area (Å²) in [6.07, 6.45) is 8.35. The Labute approximate surface area is 786 Å². The van der Waals surface area contributed by atoms with Crippen molar-refractivity contribution in [2.75, 3.05) is 132 Å². The van der Waals surface area contributed by atoms with Gasteiger partial charge in [-0.3, -0.25) is 107 Å². The van der Waals surface area contributed by atoms with E-state index in [1.807, 2.05) is 72.2 Å². The van der Waals surface area contributed by atoms with Gasteiger partial charge < -0.3 is 94.4 Å². The monoisotopic (exact) mass is 1880 g/mol. The molecule has 0 saturated carbocycles. The Kier molecular flexibility index (Phi) is 45.1. The number of guanidine groups is 1. The van der Waals surface area contributed by atoms with Crippen molar-refractivity contribution in [1.82, 2.24) is 97.1 Å². The van der Waals surface area contributed by atoms with Crippen molar-refractivity contribution in [3.8, 4) is 0 Å². The van der Waals surface area contributed by atoms with E-state index in [-0.39, 0.29) is 205 Å². The van der Waals surface area contributed by atoms with Crippen LogP contribution in [0.1, 0.15) is 157 Å². The minimum Gasteiger partial charge on any atom is -0.480 e. The highest BCUT2D eigenvalue weighted by atomic mass is 16.4. The summed E-state index contributed by atoms with van der Waals surface area (Å²) in [5, 5.41) is 62.9. The molecular formula is C94H138N22O19. The van der Waals surface area contributed by atoms with Crippen molar-refractivity contribution in [3.05, 3.63) is 126 Å². The van der Waals surface area contributed by atoms with Crippen LogP contribution in [0.2, 0.25) is 0 Å². The largest absolute Gasteiger partial charge is 0.480 e. The van der Waals surface area contributed by atoms with Crippen molar-refractivity contribution in [3.63, 3.8) is 0 Å². The van der Waals surface area contributed by atoms with E-state index in [0.717, 1.165) is 31.8 Å². The van der Waals surface area contributed by atoms with Crippen LogP contribution in [0.15, 0.2) is 97.6 Å². The van der Waals surface area contributed by atoms with Gasteiger partial charge in [0.1, 0.15) is 53.9 Å². The van der Waals surface area contributed by atoms with Crippen LogP contribution in [0.25, 0.3) is 10.9 Å². The molecule has 3 fully saturated rings. The molecule has 5 heterocycles. The zero-order chi connectivity index (χ0) is 97.9. The number of aromatic amines is 2. The molecule has 41 nitrogen and oxygen atoms in total. The molecule has 3 aromatic carbocycles. The number of primary amides is 1. The number of nitrogens with one attached hydrogen (secondary N) is 12. The van der Waals surface area contributed by atoms with Crippen LogP contribution in [0, 0.1) is 18.3 Å². The standard InChI is InChI=1S/C94H138N22O19/c1-5-6-22-65(49-70(118)57-112-38-34-67(35-39-112)104-88(130)73(105-82(121)55-102-80(119)29-17-21-63-32-30-62(2)31-33-63)26-12-8-11-23-69(117)56-113-40-42-114(58-83(122)123)44-46-116(60-85(126)127)47-45-115(43-41-113)59-84(124)125)87(129)106-75-52-81(120)99-36-16-15-27-78(86(95)128)110(3)93(135)77(50-66-53-101-72-25-14-13-24-71(66)72)109-91(133)79(28-18-37-100-94(96)97)111(4)92(134)76(48-64-19-9-7-10-20-64)108-89(131)74(107-90(75)132)51-68-54-98-61-103-68/h7,9-10,13-14,19-20,24-25,30-33,53-54,61,65,67,73-79,101H,5-6,8,11-12,15-18,21-23,26-29,34-52,55-60H2,1-4H3,(H2,95,128)(H,98,103)(H,99,120)(H,102,119)(H,104,130)(H,105,121)(H,106,129)(H,107,132)(H,108,131)(H,109,133)(H,122,123)(H,124,125)(H,126,127)(H4,96,97,100)/t65-,73?,74+,75+,76-,77+,78+,79+/m1/s1. The average molecular weight is 1880 g/mol. The second kappa shape index (κ2) is 56.6. The maximum absolute atomic E-state index is 15.5. The Morgan fingerprint density at radius 1 is 0.563 bits per heavy atom. The van der Waals surface area contributed by atoms with E-state index in [9.17, 15) is 68.1 Å². The van der Waals surface area contributed by atoms with E-state index in [1.54, 1.807) is 51.2 Å². The first-order chi connectivity index (χ1) is 64.7. The number of para-hydroxylation sites is 1. The lowest BCUT2D eigenvalue weighted by Gasteiger charge is -2.34. The predicted molar refractivity (Wildman–Crippen MR) is 501 cm³/mol. The molecule has 8 atom stereocenters. The number of Topliss-reactive ketones (excluding diaryl/α,β-unsaturated/α-hetero) is 2. The van der Waals surface area contributed by atoms with Crippen LogP contribution < -0.4 is 59.3 Å².